The fraction of sp³-hybridized carbons (Fsp3) is 0.0652. The van der Waals surface area contributed by atoms with Crippen molar-refractivity contribution in [2.45, 2.75) is 33.4 Å². The van der Waals surface area contributed by atoms with E-state index in [0.717, 1.165) is 41.1 Å². The van der Waals surface area contributed by atoms with Crippen molar-refractivity contribution in [3.8, 4) is 28.8 Å². The number of aromatic hydroxyl groups is 3. The molecule has 80 heavy (non-hydrogen) atoms. The maximum absolute atomic E-state index is 12.6. The Bertz CT molecular complexity index is 4600. The summed E-state index contributed by atoms with van der Waals surface area (Å²) in [4.78, 5) is 20.3. The number of methoxy groups -OCH3 is 1. The third-order valence-electron chi connectivity index (χ3n) is 11.4. The zero-order chi connectivity index (χ0) is 58.6. The van der Waals surface area contributed by atoms with Crippen molar-refractivity contribution >= 4 is 119 Å². The average molecular weight is 1180 g/mol. The molecule has 0 aliphatic rings. The van der Waals surface area contributed by atoms with Crippen LogP contribution in [0.1, 0.15) is 32.0 Å². The Balaban J connectivity index is 1.10. The van der Waals surface area contributed by atoms with Crippen LogP contribution in [-0.4, -0.2) is 106 Å². The highest BCUT2D eigenvalue weighted by atomic mass is 32.2. The summed E-state index contributed by atoms with van der Waals surface area (Å²) in [6.45, 7) is 2.95. The number of azo groups is 4. The summed E-state index contributed by atoms with van der Waals surface area (Å²) in [6.07, 6.45) is 0. The highest BCUT2D eigenvalue weighted by Crippen LogP contribution is 2.46. The zero-order valence-corrected chi connectivity index (χ0v) is 43.6. The molecule has 8 rings (SSSR count). The molecule has 30 nitrogen and oxygen atoms in total. The van der Waals surface area contributed by atoms with Crippen LogP contribution in [0.5, 0.6) is 23.1 Å². The molecule has 0 unspecified atom stereocenters. The van der Waals surface area contributed by atoms with Crippen LogP contribution in [0.3, 0.4) is 0 Å². The summed E-state index contributed by atoms with van der Waals surface area (Å²) in [7, 11) is -18.7. The van der Waals surface area contributed by atoms with Gasteiger partial charge in [0.2, 0.25) is 5.88 Å². The van der Waals surface area contributed by atoms with Gasteiger partial charge in [-0.3, -0.25) is 18.2 Å². The van der Waals surface area contributed by atoms with Gasteiger partial charge >= 0.3 is 11.9 Å². The van der Waals surface area contributed by atoms with Gasteiger partial charge in [-0.1, -0.05) is 6.07 Å². The number of nitrogens with zero attached hydrogens (tertiary/aromatic N) is 10. The Kier molecular flexibility index (Phi) is 14.9. The number of hydrogen-bond acceptors (Lipinski definition) is 23. The molecule has 0 aliphatic carbocycles. The maximum Gasteiger partial charge on any atom is 0.338 e. The van der Waals surface area contributed by atoms with E-state index in [4.69, 9.17) is 4.74 Å². The molecule has 1 heterocycles. The van der Waals surface area contributed by atoms with E-state index in [-0.39, 0.29) is 67.1 Å². The predicted molar refractivity (Wildman–Crippen MR) is 275 cm³/mol. The van der Waals surface area contributed by atoms with Gasteiger partial charge < -0.3 is 30.3 Å². The second-order valence-electron chi connectivity index (χ2n) is 16.6. The smallest absolute Gasteiger partial charge is 0.338 e. The van der Waals surface area contributed by atoms with Crippen LogP contribution in [0.4, 0.5) is 45.5 Å². The fourth-order valence-electron chi connectivity index (χ4n) is 7.56. The molecule has 0 atom stereocenters. The van der Waals surface area contributed by atoms with E-state index in [1.165, 1.54) is 69.5 Å². The first-order chi connectivity index (χ1) is 37.3. The Hall–Kier alpha value is -9.55. The Morgan fingerprint density at radius 3 is 1.52 bits per heavy atom. The third-order valence-corrected chi connectivity index (χ3v) is 14.8. The number of ether oxygens (including phenoxy) is 1. The van der Waals surface area contributed by atoms with Gasteiger partial charge in [-0.15, -0.1) is 30.7 Å². The van der Waals surface area contributed by atoms with Crippen LogP contribution < -0.4 is 4.74 Å². The van der Waals surface area contributed by atoms with Crippen LogP contribution in [0.2, 0.25) is 0 Å². The van der Waals surface area contributed by atoms with Gasteiger partial charge in [0.15, 0.2) is 17.2 Å². The summed E-state index contributed by atoms with van der Waals surface area (Å²) in [5.74, 6) is -5.67. The van der Waals surface area contributed by atoms with Gasteiger partial charge in [-0.2, -0.15) is 53.7 Å². The summed E-state index contributed by atoms with van der Waals surface area (Å²) in [5, 5.41) is 88.9. The molecular weight excluding hydrogens is 1140 g/mol. The Morgan fingerprint density at radius 2 is 1.00 bits per heavy atom. The third kappa shape index (κ3) is 11.5. The van der Waals surface area contributed by atoms with E-state index in [9.17, 15) is 87.0 Å². The normalized spacial score (nSPS) is 12.7. The van der Waals surface area contributed by atoms with E-state index in [2.05, 4.69) is 46.0 Å². The Labute approximate surface area is 448 Å². The summed E-state index contributed by atoms with van der Waals surface area (Å²) >= 11 is 0. The number of carbonyl (C=O) groups is 2. The number of phenols is 2. The molecule has 34 heteroatoms. The highest BCUT2D eigenvalue weighted by Gasteiger charge is 2.26. The molecule has 0 aliphatic heterocycles. The first-order valence-electron chi connectivity index (χ1n) is 21.7. The largest absolute Gasteiger partial charge is 0.505 e. The Morgan fingerprint density at radius 1 is 0.500 bits per heavy atom. The first kappa shape index (κ1) is 56.6. The number of carboxylic acids is 2. The van der Waals surface area contributed by atoms with E-state index >= 15 is 0 Å². The standard InChI is InChI=1S/C46H34N10O20S4/c1-20-12-35(36(76-3)19-34(20)50-48-32-10-7-26(77(64,65)66)17-30(32)45(60)61)51-54-41-37(79(70,71)72)14-22-4-5-24(16-29(22)43(41)58)47-52-39-21(2)55-56(44(39)59)25-6-9-28-23(13-25)15-38(80(73,74)75)40(42(28)57)53-49-33-11-8-27(78(67,68)69)18-31(33)46(62)63/h4-19,57-59H,1-3H3,(H,60,61)(H,62,63)(H,64,65,66)(H,67,68,69)(H,70,71,72)(H,73,74,75)/b50-48+,52-47+,53-49+,54-51+. The van der Waals surface area contributed by atoms with Gasteiger partial charge in [0, 0.05) is 16.8 Å². The molecule has 0 radical (unpaired) electrons. The van der Waals surface area contributed by atoms with Gasteiger partial charge in [0.25, 0.3) is 40.5 Å². The van der Waals surface area contributed by atoms with Crippen LogP contribution in [0.25, 0.3) is 27.2 Å². The van der Waals surface area contributed by atoms with E-state index in [0.29, 0.717) is 17.7 Å². The number of benzene rings is 7. The number of carboxylic acid groups (broad SMARTS) is 2. The van der Waals surface area contributed by atoms with Gasteiger partial charge in [0.05, 0.1) is 50.8 Å². The van der Waals surface area contributed by atoms with Crippen molar-refractivity contribution in [2.75, 3.05) is 7.11 Å². The molecule has 0 amide bonds. The lowest BCUT2D eigenvalue weighted by atomic mass is 10.1. The molecule has 9 N–H and O–H groups in total. The molecule has 412 valence electrons. The second kappa shape index (κ2) is 21.0. The van der Waals surface area contributed by atoms with E-state index in [1.54, 1.807) is 0 Å². The predicted octanol–water partition coefficient (Wildman–Crippen LogP) is 9.97. The molecule has 7 aromatic carbocycles. The average Bonchev–Trinajstić information content (AvgIpc) is 3.72. The van der Waals surface area contributed by atoms with E-state index in [1.807, 2.05) is 0 Å². The van der Waals surface area contributed by atoms with Gasteiger partial charge in [0.1, 0.15) is 44.0 Å². The molecule has 0 saturated carbocycles. The first-order valence-corrected chi connectivity index (χ1v) is 27.5. The fourth-order valence-corrected chi connectivity index (χ4v) is 9.88. The molecule has 0 saturated heterocycles. The molecule has 0 spiro atoms. The number of fused-ring (bicyclic) bond motifs is 2. The van der Waals surface area contributed by atoms with Crippen molar-refractivity contribution in [1.29, 1.82) is 0 Å². The minimum absolute atomic E-state index is 0.00470. The molecule has 0 bridgehead atoms. The van der Waals surface area contributed by atoms with Crippen molar-refractivity contribution in [1.82, 2.24) is 9.78 Å². The number of hydrogen-bond donors (Lipinski definition) is 9. The quantitative estimate of drug-likeness (QED) is 0.0321. The zero-order valence-electron chi connectivity index (χ0n) is 40.4. The van der Waals surface area contributed by atoms with Crippen molar-refractivity contribution in [3.63, 3.8) is 0 Å². The summed E-state index contributed by atoms with van der Waals surface area (Å²) < 4.78 is 142. The minimum atomic E-state index is -5.23. The van der Waals surface area contributed by atoms with Crippen molar-refractivity contribution in [3.05, 3.63) is 119 Å². The number of aromatic nitrogens is 2. The minimum Gasteiger partial charge on any atom is -0.505 e. The van der Waals surface area contributed by atoms with Crippen molar-refractivity contribution < 1.29 is 91.7 Å². The summed E-state index contributed by atoms with van der Waals surface area (Å²) in [5.41, 5.74) is -3.62. The molecular formula is C46H34N10O20S4. The number of rotatable bonds is 16. The van der Waals surface area contributed by atoms with Crippen LogP contribution in [0, 0.1) is 13.8 Å². The lowest BCUT2D eigenvalue weighted by molar-refractivity contribution is 0.0686. The van der Waals surface area contributed by atoms with Gasteiger partial charge in [-0.05, 0) is 115 Å². The topological polar surface area (TPSA) is 479 Å². The highest BCUT2D eigenvalue weighted by molar-refractivity contribution is 7.86. The van der Waals surface area contributed by atoms with Crippen LogP contribution in [-0.2, 0) is 40.5 Å². The number of aryl methyl sites for hydroxylation is 2. The van der Waals surface area contributed by atoms with Crippen LogP contribution in [0.15, 0.2) is 158 Å². The number of aromatic carboxylic acids is 2. The molecule has 0 fully saturated rings. The van der Waals surface area contributed by atoms with Crippen LogP contribution >= 0.6 is 0 Å². The van der Waals surface area contributed by atoms with Crippen molar-refractivity contribution in [2.24, 2.45) is 40.9 Å². The lowest BCUT2D eigenvalue weighted by Gasteiger charge is -2.11. The second-order valence-corrected chi connectivity index (χ2v) is 22.2. The SMILES string of the molecule is COc1cc(/N=N/c2ccc(S(=O)(=O)O)cc2C(=O)O)c(C)cc1/N=N/c1c(S(=O)(=O)O)cc2ccc(/N=N/c3c(C)nn(-c4ccc5c(O)c(/N=N/c6ccc(S(=O)(=O)O)cc6C(=O)O)c(S(=O)(=O)O)cc5c4)c3O)cc2c1O. The summed E-state index contributed by atoms with van der Waals surface area (Å²) in [6, 6.07) is 17.0. The monoisotopic (exact) mass is 1170 g/mol. The molecule has 8 aromatic rings. The molecule has 1 aromatic heterocycles. The van der Waals surface area contributed by atoms with Gasteiger partial charge in [-0.25, -0.2) is 9.59 Å². The number of phenolic OH excluding ortho intramolecular Hbond substituents is 2. The lowest BCUT2D eigenvalue weighted by Crippen LogP contribution is -2.03. The maximum atomic E-state index is 12.6. The van der Waals surface area contributed by atoms with E-state index < -0.39 is 118 Å².